The number of aryl methyl sites for hydroxylation is 3. The number of benzene rings is 1. The van der Waals surface area contributed by atoms with Crippen LogP contribution < -0.4 is 0 Å². The molecule has 0 bridgehead atoms. The van der Waals surface area contributed by atoms with E-state index in [4.69, 9.17) is 16.6 Å². The number of halogens is 1. The summed E-state index contributed by atoms with van der Waals surface area (Å²) in [6, 6.07) is 9.87. The molecule has 0 saturated heterocycles. The van der Waals surface area contributed by atoms with E-state index in [-0.39, 0.29) is 0 Å². The first-order valence-electron chi connectivity index (χ1n) is 6.72. The molecule has 0 radical (unpaired) electrons. The fourth-order valence-electron chi connectivity index (χ4n) is 2.53. The van der Waals surface area contributed by atoms with Crippen molar-refractivity contribution in [3.05, 3.63) is 52.4 Å². The second-order valence-electron chi connectivity index (χ2n) is 4.92. The molecule has 0 aliphatic carbocycles. The molecular formula is C16H16ClN3. The van der Waals surface area contributed by atoms with Crippen molar-refractivity contribution in [2.24, 2.45) is 0 Å². The van der Waals surface area contributed by atoms with Crippen molar-refractivity contribution in [1.82, 2.24) is 14.5 Å². The van der Waals surface area contributed by atoms with Crippen molar-refractivity contribution in [2.45, 2.75) is 27.2 Å². The van der Waals surface area contributed by atoms with Gasteiger partial charge in [-0.05, 0) is 37.6 Å². The zero-order chi connectivity index (χ0) is 14.3. The number of rotatable bonds is 2. The Balaban J connectivity index is 2.42. The van der Waals surface area contributed by atoms with E-state index < -0.39 is 0 Å². The van der Waals surface area contributed by atoms with Gasteiger partial charge in [0.2, 0.25) is 0 Å². The molecule has 2 heterocycles. The van der Waals surface area contributed by atoms with Crippen LogP contribution in [0.1, 0.15) is 24.0 Å². The van der Waals surface area contributed by atoms with Crippen LogP contribution >= 0.6 is 11.6 Å². The highest BCUT2D eigenvalue weighted by molar-refractivity contribution is 6.32. The molecule has 0 N–H and O–H groups in total. The van der Waals surface area contributed by atoms with Gasteiger partial charge in [-0.25, -0.2) is 9.97 Å². The number of hydrogen-bond donors (Lipinski definition) is 0. The minimum Gasteiger partial charge on any atom is -0.279 e. The third-order valence-corrected chi connectivity index (χ3v) is 3.73. The standard InChI is InChI=1S/C16H16ClN3/c1-4-14-19-15-10(2)9-11(3)18-16(15)20(14)13-8-6-5-7-12(13)17/h5-9H,4H2,1-3H3. The lowest BCUT2D eigenvalue weighted by atomic mass is 10.2. The predicted octanol–water partition coefficient (Wildman–Crippen LogP) is 4.25. The topological polar surface area (TPSA) is 30.7 Å². The van der Waals surface area contributed by atoms with E-state index in [0.29, 0.717) is 5.02 Å². The maximum Gasteiger partial charge on any atom is 0.165 e. The highest BCUT2D eigenvalue weighted by Crippen LogP contribution is 2.27. The molecule has 3 nitrogen and oxygen atoms in total. The lowest BCUT2D eigenvalue weighted by Gasteiger charge is -2.09. The third kappa shape index (κ3) is 1.98. The van der Waals surface area contributed by atoms with E-state index >= 15 is 0 Å². The van der Waals surface area contributed by atoms with Crippen molar-refractivity contribution in [3.63, 3.8) is 0 Å². The van der Waals surface area contributed by atoms with Gasteiger partial charge in [-0.3, -0.25) is 4.57 Å². The van der Waals surface area contributed by atoms with E-state index in [2.05, 4.69) is 29.5 Å². The Kier molecular flexibility index (Phi) is 3.22. The Morgan fingerprint density at radius 3 is 2.60 bits per heavy atom. The third-order valence-electron chi connectivity index (χ3n) is 3.41. The van der Waals surface area contributed by atoms with Gasteiger partial charge >= 0.3 is 0 Å². The summed E-state index contributed by atoms with van der Waals surface area (Å²) in [4.78, 5) is 9.40. The van der Waals surface area contributed by atoms with Gasteiger partial charge in [-0.15, -0.1) is 0 Å². The highest BCUT2D eigenvalue weighted by Gasteiger charge is 2.16. The predicted molar refractivity (Wildman–Crippen MR) is 82.7 cm³/mol. The lowest BCUT2D eigenvalue weighted by Crippen LogP contribution is -2.02. The van der Waals surface area contributed by atoms with E-state index in [9.17, 15) is 0 Å². The Morgan fingerprint density at radius 1 is 1.15 bits per heavy atom. The van der Waals surface area contributed by atoms with E-state index in [1.54, 1.807) is 0 Å². The van der Waals surface area contributed by atoms with Crippen LogP contribution in [-0.4, -0.2) is 14.5 Å². The SMILES string of the molecule is CCc1nc2c(C)cc(C)nc2n1-c1ccccc1Cl. The number of pyridine rings is 1. The zero-order valence-electron chi connectivity index (χ0n) is 11.8. The number of hydrogen-bond acceptors (Lipinski definition) is 2. The van der Waals surface area contributed by atoms with Crippen LogP contribution in [0, 0.1) is 13.8 Å². The average molecular weight is 286 g/mol. The highest BCUT2D eigenvalue weighted by atomic mass is 35.5. The second kappa shape index (κ2) is 4.91. The Morgan fingerprint density at radius 2 is 1.90 bits per heavy atom. The van der Waals surface area contributed by atoms with Crippen molar-refractivity contribution >= 4 is 22.8 Å². The van der Waals surface area contributed by atoms with E-state index in [1.165, 1.54) is 0 Å². The van der Waals surface area contributed by atoms with Gasteiger partial charge in [0.25, 0.3) is 0 Å². The minimum absolute atomic E-state index is 0.711. The quantitative estimate of drug-likeness (QED) is 0.704. The molecule has 0 aliphatic heterocycles. The van der Waals surface area contributed by atoms with Gasteiger partial charge in [0.05, 0.1) is 10.7 Å². The summed E-state index contributed by atoms with van der Waals surface area (Å²) in [6.07, 6.45) is 0.833. The molecule has 0 atom stereocenters. The largest absolute Gasteiger partial charge is 0.279 e. The number of aromatic nitrogens is 3. The molecule has 3 rings (SSSR count). The van der Waals surface area contributed by atoms with Gasteiger partial charge in [-0.2, -0.15) is 0 Å². The lowest BCUT2D eigenvalue weighted by molar-refractivity contribution is 0.900. The fourth-order valence-corrected chi connectivity index (χ4v) is 2.75. The molecule has 0 fully saturated rings. The van der Waals surface area contributed by atoms with E-state index in [0.717, 1.165) is 40.4 Å². The molecule has 0 amide bonds. The van der Waals surface area contributed by atoms with Gasteiger partial charge in [0.1, 0.15) is 11.3 Å². The zero-order valence-corrected chi connectivity index (χ0v) is 12.6. The first kappa shape index (κ1) is 13.1. The molecule has 2 aromatic heterocycles. The summed E-state index contributed by atoms with van der Waals surface area (Å²) in [5, 5.41) is 0.711. The van der Waals surface area contributed by atoms with Gasteiger partial charge in [-0.1, -0.05) is 30.7 Å². The summed E-state index contributed by atoms with van der Waals surface area (Å²) >= 11 is 6.35. The summed E-state index contributed by atoms with van der Waals surface area (Å²) in [7, 11) is 0. The molecule has 102 valence electrons. The number of nitrogens with zero attached hydrogens (tertiary/aromatic N) is 3. The van der Waals surface area contributed by atoms with Crippen LogP contribution in [0.3, 0.4) is 0 Å². The van der Waals surface area contributed by atoms with E-state index in [1.807, 2.05) is 31.2 Å². The Labute approximate surface area is 123 Å². The van der Waals surface area contributed by atoms with Crippen LogP contribution in [-0.2, 0) is 6.42 Å². The fraction of sp³-hybridized carbons (Fsp3) is 0.250. The first-order chi connectivity index (χ1) is 9.61. The molecule has 20 heavy (non-hydrogen) atoms. The van der Waals surface area contributed by atoms with Crippen LogP contribution in [0.25, 0.3) is 16.9 Å². The van der Waals surface area contributed by atoms with Crippen LogP contribution in [0.4, 0.5) is 0 Å². The van der Waals surface area contributed by atoms with Crippen molar-refractivity contribution < 1.29 is 0 Å². The Bertz CT molecular complexity index is 790. The summed E-state index contributed by atoms with van der Waals surface area (Å²) in [5.41, 5.74) is 4.91. The van der Waals surface area contributed by atoms with Crippen LogP contribution in [0.2, 0.25) is 5.02 Å². The summed E-state index contributed by atoms with van der Waals surface area (Å²) < 4.78 is 2.07. The monoisotopic (exact) mass is 285 g/mol. The molecule has 0 unspecified atom stereocenters. The number of para-hydroxylation sites is 1. The van der Waals surface area contributed by atoms with Crippen LogP contribution in [0.15, 0.2) is 30.3 Å². The molecule has 3 aromatic rings. The molecule has 0 aliphatic rings. The second-order valence-corrected chi connectivity index (χ2v) is 5.33. The molecular weight excluding hydrogens is 270 g/mol. The van der Waals surface area contributed by atoms with Crippen molar-refractivity contribution in [3.8, 4) is 5.69 Å². The molecule has 0 saturated carbocycles. The van der Waals surface area contributed by atoms with Crippen molar-refractivity contribution in [2.75, 3.05) is 0 Å². The van der Waals surface area contributed by atoms with Crippen molar-refractivity contribution in [1.29, 1.82) is 0 Å². The molecule has 4 heteroatoms. The number of imidazole rings is 1. The van der Waals surface area contributed by atoms with Gasteiger partial charge in [0.15, 0.2) is 5.65 Å². The molecule has 0 spiro atoms. The smallest absolute Gasteiger partial charge is 0.165 e. The summed E-state index contributed by atoms with van der Waals surface area (Å²) in [5.74, 6) is 0.981. The first-order valence-corrected chi connectivity index (χ1v) is 7.10. The normalized spacial score (nSPS) is 11.2. The minimum atomic E-state index is 0.711. The van der Waals surface area contributed by atoms with Crippen LogP contribution in [0.5, 0.6) is 0 Å². The number of fused-ring (bicyclic) bond motifs is 1. The van der Waals surface area contributed by atoms with Gasteiger partial charge < -0.3 is 0 Å². The maximum atomic E-state index is 6.35. The Hall–Kier alpha value is -1.87. The average Bonchev–Trinajstić information content (AvgIpc) is 2.78. The van der Waals surface area contributed by atoms with Gasteiger partial charge in [0, 0.05) is 12.1 Å². The maximum absolute atomic E-state index is 6.35. The molecule has 1 aromatic carbocycles. The summed E-state index contributed by atoms with van der Waals surface area (Å²) in [6.45, 7) is 6.17.